The topological polar surface area (TPSA) is 117 Å². The van der Waals surface area contributed by atoms with E-state index in [0.717, 1.165) is 0 Å². The zero-order valence-electron chi connectivity index (χ0n) is 10.5. The summed E-state index contributed by atoms with van der Waals surface area (Å²) in [7, 11) is 0. The molecule has 0 bridgehead atoms. The first-order chi connectivity index (χ1) is 9.02. The molecule has 0 spiro atoms. The van der Waals surface area contributed by atoms with Crippen LogP contribution in [0.2, 0.25) is 0 Å². The number of nitriles is 2. The van der Waals surface area contributed by atoms with Crippen molar-refractivity contribution in [2.45, 2.75) is 26.2 Å². The van der Waals surface area contributed by atoms with Crippen molar-refractivity contribution < 1.29 is 23.9 Å². The number of nitrogens with zero attached hydrogens (tertiary/aromatic N) is 2. The Morgan fingerprint density at radius 1 is 1.00 bits per heavy atom. The zero-order chi connectivity index (χ0) is 14.7. The van der Waals surface area contributed by atoms with E-state index >= 15 is 0 Å². The van der Waals surface area contributed by atoms with Gasteiger partial charge in [0.15, 0.2) is 5.92 Å². The van der Waals surface area contributed by atoms with E-state index in [1.807, 2.05) is 0 Å². The molecule has 7 nitrogen and oxygen atoms in total. The summed E-state index contributed by atoms with van der Waals surface area (Å²) in [6, 6.07) is 3.56. The maximum atomic E-state index is 11.6. The number of carbonyl (C=O) groups excluding carboxylic acids is 3. The summed E-state index contributed by atoms with van der Waals surface area (Å²) in [6.07, 6.45) is -0.319. The van der Waals surface area contributed by atoms with Crippen LogP contribution in [0.25, 0.3) is 0 Å². The Hall–Kier alpha value is -2.41. The highest BCUT2D eigenvalue weighted by Gasteiger charge is 2.31. The van der Waals surface area contributed by atoms with Crippen molar-refractivity contribution in [3.05, 3.63) is 0 Å². The quantitative estimate of drug-likeness (QED) is 0.356. The lowest BCUT2D eigenvalue weighted by Gasteiger charge is -2.13. The van der Waals surface area contributed by atoms with Gasteiger partial charge in [0.25, 0.3) is 0 Å². The molecule has 0 amide bonds. The summed E-state index contributed by atoms with van der Waals surface area (Å²) >= 11 is 0. The van der Waals surface area contributed by atoms with Crippen molar-refractivity contribution in [3.8, 4) is 12.1 Å². The average molecular weight is 266 g/mol. The van der Waals surface area contributed by atoms with Crippen LogP contribution in [0, 0.1) is 28.6 Å². The van der Waals surface area contributed by atoms with Crippen molar-refractivity contribution in [2.75, 3.05) is 13.2 Å². The SMILES string of the molecule is CC(=O)CC(C(=O)OCCC#N)C(=O)OCCC#N. The highest BCUT2D eigenvalue weighted by atomic mass is 16.6. The minimum atomic E-state index is -1.34. The number of hydrogen-bond acceptors (Lipinski definition) is 7. The Morgan fingerprint density at radius 3 is 1.74 bits per heavy atom. The molecule has 19 heavy (non-hydrogen) atoms. The Labute approximate surface area is 110 Å². The maximum absolute atomic E-state index is 11.6. The molecule has 0 unspecified atom stereocenters. The molecule has 7 heteroatoms. The van der Waals surface area contributed by atoms with Crippen LogP contribution < -0.4 is 0 Å². The molecule has 0 aromatic heterocycles. The molecule has 0 aliphatic carbocycles. The van der Waals surface area contributed by atoms with Crippen LogP contribution in [-0.4, -0.2) is 30.9 Å². The Kier molecular flexibility index (Phi) is 8.38. The molecule has 0 atom stereocenters. The highest BCUT2D eigenvalue weighted by molar-refractivity contribution is 5.98. The second kappa shape index (κ2) is 9.60. The van der Waals surface area contributed by atoms with Crippen molar-refractivity contribution in [1.82, 2.24) is 0 Å². The van der Waals surface area contributed by atoms with Crippen LogP contribution in [0.1, 0.15) is 26.2 Å². The van der Waals surface area contributed by atoms with Gasteiger partial charge in [-0.05, 0) is 6.92 Å². The van der Waals surface area contributed by atoms with Gasteiger partial charge in [-0.25, -0.2) is 0 Å². The molecule has 102 valence electrons. The zero-order valence-corrected chi connectivity index (χ0v) is 10.5. The summed E-state index contributed by atoms with van der Waals surface area (Å²) < 4.78 is 9.39. The van der Waals surface area contributed by atoms with Crippen LogP contribution in [0.5, 0.6) is 0 Å². The number of rotatable bonds is 8. The van der Waals surface area contributed by atoms with Gasteiger partial charge in [0.1, 0.15) is 19.0 Å². The third kappa shape index (κ3) is 7.50. The molecule has 0 fully saturated rings. The standard InChI is InChI=1S/C12H14N2O5/c1-9(15)8-10(11(16)18-6-2-4-13)12(17)19-7-3-5-14/h10H,2-3,6-8H2,1H3. The van der Waals surface area contributed by atoms with Crippen molar-refractivity contribution in [2.24, 2.45) is 5.92 Å². The third-order valence-corrected chi connectivity index (χ3v) is 1.98. The predicted molar refractivity (Wildman–Crippen MR) is 61.2 cm³/mol. The summed E-state index contributed by atoms with van der Waals surface area (Å²) in [5.41, 5.74) is 0. The summed E-state index contributed by atoms with van der Waals surface area (Å²) in [6.45, 7) is 0.947. The van der Waals surface area contributed by atoms with Crippen molar-refractivity contribution in [1.29, 1.82) is 10.5 Å². The fourth-order valence-electron chi connectivity index (χ4n) is 1.15. The van der Waals surface area contributed by atoms with Gasteiger partial charge in [0, 0.05) is 6.42 Å². The third-order valence-electron chi connectivity index (χ3n) is 1.98. The lowest BCUT2D eigenvalue weighted by atomic mass is 10.0. The van der Waals surface area contributed by atoms with E-state index in [2.05, 4.69) is 0 Å². The van der Waals surface area contributed by atoms with Gasteiger partial charge >= 0.3 is 11.9 Å². The van der Waals surface area contributed by atoms with Crippen LogP contribution in [-0.2, 0) is 23.9 Å². The Morgan fingerprint density at radius 2 is 1.42 bits per heavy atom. The fourth-order valence-corrected chi connectivity index (χ4v) is 1.15. The molecular weight excluding hydrogens is 252 g/mol. The lowest BCUT2D eigenvalue weighted by molar-refractivity contribution is -0.163. The van der Waals surface area contributed by atoms with Gasteiger partial charge in [-0.1, -0.05) is 0 Å². The normalized spacial score (nSPS) is 9.26. The first-order valence-electron chi connectivity index (χ1n) is 5.59. The largest absolute Gasteiger partial charge is 0.464 e. The molecular formula is C12H14N2O5. The van der Waals surface area contributed by atoms with Gasteiger partial charge in [-0.15, -0.1) is 0 Å². The summed E-state index contributed by atoms with van der Waals surface area (Å²) in [4.78, 5) is 34.2. The van der Waals surface area contributed by atoms with E-state index in [4.69, 9.17) is 20.0 Å². The van der Waals surface area contributed by atoms with Crippen LogP contribution in [0.15, 0.2) is 0 Å². The van der Waals surface area contributed by atoms with E-state index in [0.29, 0.717) is 0 Å². The van der Waals surface area contributed by atoms with Crippen LogP contribution >= 0.6 is 0 Å². The molecule has 0 N–H and O–H groups in total. The minimum absolute atomic E-state index is 0.00200. The molecule has 0 rings (SSSR count). The lowest BCUT2D eigenvalue weighted by Crippen LogP contribution is -2.30. The maximum Gasteiger partial charge on any atom is 0.320 e. The monoisotopic (exact) mass is 266 g/mol. The summed E-state index contributed by atoms with van der Waals surface area (Å²) in [5.74, 6) is -3.49. The predicted octanol–water partition coefficient (Wildman–Crippen LogP) is 0.495. The van der Waals surface area contributed by atoms with Gasteiger partial charge in [-0.2, -0.15) is 10.5 Å². The van der Waals surface area contributed by atoms with E-state index in [-0.39, 0.29) is 38.3 Å². The van der Waals surface area contributed by atoms with Gasteiger partial charge in [0.2, 0.25) is 0 Å². The van der Waals surface area contributed by atoms with Gasteiger partial charge in [0.05, 0.1) is 25.0 Å². The molecule has 0 aliphatic heterocycles. The second-order valence-electron chi connectivity index (χ2n) is 3.61. The molecule has 0 aliphatic rings. The van der Waals surface area contributed by atoms with Crippen LogP contribution in [0.3, 0.4) is 0 Å². The fraction of sp³-hybridized carbons (Fsp3) is 0.583. The first-order valence-corrected chi connectivity index (χ1v) is 5.59. The van der Waals surface area contributed by atoms with Gasteiger partial charge < -0.3 is 9.47 Å². The second-order valence-corrected chi connectivity index (χ2v) is 3.61. The number of ether oxygens (including phenoxy) is 2. The number of Topliss-reactive ketones (excluding diaryl/α,β-unsaturated/α-hetero) is 1. The number of ketones is 1. The smallest absolute Gasteiger partial charge is 0.320 e. The van der Waals surface area contributed by atoms with E-state index in [1.165, 1.54) is 6.92 Å². The number of hydrogen-bond donors (Lipinski definition) is 0. The molecule has 0 heterocycles. The van der Waals surface area contributed by atoms with Crippen LogP contribution in [0.4, 0.5) is 0 Å². The van der Waals surface area contributed by atoms with E-state index in [9.17, 15) is 14.4 Å². The van der Waals surface area contributed by atoms with E-state index < -0.39 is 17.9 Å². The minimum Gasteiger partial charge on any atom is -0.464 e. The molecule has 0 saturated carbocycles. The van der Waals surface area contributed by atoms with Crippen molar-refractivity contribution in [3.63, 3.8) is 0 Å². The molecule has 0 radical (unpaired) electrons. The molecule has 0 aromatic rings. The average Bonchev–Trinajstić information content (AvgIpc) is 2.36. The van der Waals surface area contributed by atoms with Gasteiger partial charge in [-0.3, -0.25) is 14.4 Å². The number of esters is 2. The molecule has 0 aromatic carbocycles. The first kappa shape index (κ1) is 16.6. The Bertz CT molecular complexity index is 387. The summed E-state index contributed by atoms with van der Waals surface area (Å²) in [5, 5.41) is 16.6. The Balaban J connectivity index is 4.48. The number of carbonyl (C=O) groups is 3. The van der Waals surface area contributed by atoms with E-state index in [1.54, 1.807) is 12.1 Å². The molecule has 0 saturated heterocycles. The highest BCUT2D eigenvalue weighted by Crippen LogP contribution is 2.10. The van der Waals surface area contributed by atoms with Crippen molar-refractivity contribution >= 4 is 17.7 Å².